The fraction of sp³-hybridized carbons (Fsp3) is 0.435. The van der Waals surface area contributed by atoms with Gasteiger partial charge >= 0.3 is 6.03 Å². The molecule has 4 rings (SSSR count). The number of ether oxygens (including phenoxy) is 2. The standard InChI is InChI=1S/C23H28N2O4/c1-6-28-16-9-7-15(8-10-16)25-21(27)24-18-13-23(25,5)29-20-17(18)11-14(12-19(20)26)22(2,3)4/h7-12,18,26H,6,13H2,1-5H3,(H,24,27)/t18-,23-/m0/s1. The van der Waals surface area contributed by atoms with Crippen LogP contribution >= 0.6 is 0 Å². The van der Waals surface area contributed by atoms with Crippen molar-refractivity contribution in [1.29, 1.82) is 0 Å². The van der Waals surface area contributed by atoms with Gasteiger partial charge in [-0.1, -0.05) is 20.8 Å². The number of phenols is 1. The molecule has 2 bridgehead atoms. The molecule has 0 aliphatic carbocycles. The molecule has 0 radical (unpaired) electrons. The minimum Gasteiger partial charge on any atom is -0.504 e. The third-order valence-electron chi connectivity index (χ3n) is 5.62. The van der Waals surface area contributed by atoms with Gasteiger partial charge < -0.3 is 19.9 Å². The zero-order valence-corrected chi connectivity index (χ0v) is 17.6. The van der Waals surface area contributed by atoms with Gasteiger partial charge in [0.1, 0.15) is 5.75 Å². The molecule has 6 heteroatoms. The summed E-state index contributed by atoms with van der Waals surface area (Å²) in [6.07, 6.45) is 0.575. The molecule has 6 nitrogen and oxygen atoms in total. The molecular weight excluding hydrogens is 368 g/mol. The average molecular weight is 396 g/mol. The van der Waals surface area contributed by atoms with E-state index in [0.717, 1.165) is 16.9 Å². The van der Waals surface area contributed by atoms with E-state index in [2.05, 4.69) is 26.1 Å². The zero-order valence-electron chi connectivity index (χ0n) is 17.6. The number of aromatic hydroxyl groups is 1. The largest absolute Gasteiger partial charge is 0.504 e. The van der Waals surface area contributed by atoms with Crippen molar-refractivity contribution >= 4 is 11.7 Å². The van der Waals surface area contributed by atoms with Gasteiger partial charge in [0.05, 0.1) is 12.6 Å². The number of fused-ring (bicyclic) bond motifs is 4. The second-order valence-electron chi connectivity index (χ2n) is 8.91. The van der Waals surface area contributed by atoms with E-state index >= 15 is 0 Å². The Morgan fingerprint density at radius 2 is 1.97 bits per heavy atom. The van der Waals surface area contributed by atoms with Crippen LogP contribution in [0.3, 0.4) is 0 Å². The number of benzene rings is 2. The predicted molar refractivity (Wildman–Crippen MR) is 112 cm³/mol. The Kier molecular flexibility index (Phi) is 4.41. The van der Waals surface area contributed by atoms with Crippen LogP contribution in [0.1, 0.15) is 58.2 Å². The van der Waals surface area contributed by atoms with Gasteiger partial charge in [0.2, 0.25) is 0 Å². The van der Waals surface area contributed by atoms with Gasteiger partial charge in [0, 0.05) is 17.7 Å². The summed E-state index contributed by atoms with van der Waals surface area (Å²) < 4.78 is 11.8. The van der Waals surface area contributed by atoms with Gasteiger partial charge in [-0.05, 0) is 61.2 Å². The van der Waals surface area contributed by atoms with E-state index in [-0.39, 0.29) is 23.2 Å². The van der Waals surface area contributed by atoms with Crippen LogP contribution in [0.2, 0.25) is 0 Å². The number of nitrogens with zero attached hydrogens (tertiary/aromatic N) is 1. The van der Waals surface area contributed by atoms with Crippen LogP contribution in [-0.2, 0) is 5.41 Å². The second kappa shape index (κ2) is 6.58. The van der Waals surface area contributed by atoms with Gasteiger partial charge in [0.15, 0.2) is 17.2 Å². The van der Waals surface area contributed by atoms with Crippen LogP contribution < -0.4 is 19.7 Å². The number of phenolic OH excluding ortho intramolecular Hbond substituents is 1. The first kappa shape index (κ1) is 19.4. The molecule has 2 aliphatic heterocycles. The molecule has 29 heavy (non-hydrogen) atoms. The van der Waals surface area contributed by atoms with Gasteiger partial charge in [-0.3, -0.25) is 4.90 Å². The smallest absolute Gasteiger partial charge is 0.325 e. The number of hydrogen-bond acceptors (Lipinski definition) is 4. The minimum atomic E-state index is -0.909. The van der Waals surface area contributed by atoms with Crippen molar-refractivity contribution in [3.8, 4) is 17.2 Å². The molecular formula is C23H28N2O4. The van der Waals surface area contributed by atoms with Crippen LogP contribution in [0.15, 0.2) is 36.4 Å². The lowest BCUT2D eigenvalue weighted by Gasteiger charge is -2.50. The Labute approximate surface area is 171 Å². The molecule has 2 N–H and O–H groups in total. The van der Waals surface area contributed by atoms with E-state index in [1.807, 2.05) is 44.2 Å². The van der Waals surface area contributed by atoms with Crippen LogP contribution in [0.4, 0.5) is 10.5 Å². The lowest BCUT2D eigenvalue weighted by molar-refractivity contribution is 0.0348. The quantitative estimate of drug-likeness (QED) is 0.777. The van der Waals surface area contributed by atoms with Gasteiger partial charge in [-0.15, -0.1) is 0 Å². The number of hydrogen-bond donors (Lipinski definition) is 2. The highest BCUT2D eigenvalue weighted by Crippen LogP contribution is 2.50. The highest BCUT2D eigenvalue weighted by Gasteiger charge is 2.50. The summed E-state index contributed by atoms with van der Waals surface area (Å²) in [6, 6.07) is 10.7. The van der Waals surface area contributed by atoms with E-state index < -0.39 is 5.72 Å². The molecule has 1 saturated heterocycles. The van der Waals surface area contributed by atoms with Crippen LogP contribution in [0.25, 0.3) is 0 Å². The van der Waals surface area contributed by atoms with Crippen molar-refractivity contribution in [1.82, 2.24) is 5.32 Å². The molecule has 2 aromatic carbocycles. The number of amides is 2. The van der Waals surface area contributed by atoms with E-state index in [1.54, 1.807) is 11.0 Å². The number of nitrogens with one attached hydrogen (secondary N) is 1. The first-order valence-corrected chi connectivity index (χ1v) is 10.0. The summed E-state index contributed by atoms with van der Waals surface area (Å²) in [4.78, 5) is 14.7. The van der Waals surface area contributed by atoms with Gasteiger partial charge in [0.25, 0.3) is 0 Å². The molecule has 0 aromatic heterocycles. The summed E-state index contributed by atoms with van der Waals surface area (Å²) in [5, 5.41) is 13.8. The number of rotatable bonds is 3. The summed E-state index contributed by atoms with van der Waals surface area (Å²) in [7, 11) is 0. The average Bonchev–Trinajstić information content (AvgIpc) is 2.63. The van der Waals surface area contributed by atoms with Gasteiger partial charge in [-0.2, -0.15) is 0 Å². The van der Waals surface area contributed by atoms with Crippen molar-refractivity contribution in [2.45, 2.75) is 58.2 Å². The fourth-order valence-electron chi connectivity index (χ4n) is 4.13. The zero-order chi connectivity index (χ0) is 21.0. The summed E-state index contributed by atoms with van der Waals surface area (Å²) >= 11 is 0. The van der Waals surface area contributed by atoms with E-state index in [9.17, 15) is 9.90 Å². The third-order valence-corrected chi connectivity index (χ3v) is 5.62. The molecule has 2 aliphatic rings. The summed E-state index contributed by atoms with van der Waals surface area (Å²) in [5.41, 5.74) is 1.51. The lowest BCUT2D eigenvalue weighted by atomic mass is 9.82. The first-order chi connectivity index (χ1) is 13.6. The molecule has 0 unspecified atom stereocenters. The maximum absolute atomic E-state index is 13.0. The summed E-state index contributed by atoms with van der Waals surface area (Å²) in [6.45, 7) is 10.7. The van der Waals surface area contributed by atoms with Crippen molar-refractivity contribution in [3.05, 3.63) is 47.5 Å². The maximum atomic E-state index is 13.0. The van der Waals surface area contributed by atoms with Crippen LogP contribution in [0, 0.1) is 0 Å². The first-order valence-electron chi connectivity index (χ1n) is 10.0. The maximum Gasteiger partial charge on any atom is 0.325 e. The van der Waals surface area contributed by atoms with E-state index in [1.165, 1.54) is 0 Å². The van der Waals surface area contributed by atoms with Gasteiger partial charge in [-0.25, -0.2) is 4.79 Å². The van der Waals surface area contributed by atoms with Crippen molar-refractivity contribution in [3.63, 3.8) is 0 Å². The number of urea groups is 1. The number of carbonyl (C=O) groups is 1. The molecule has 0 saturated carbocycles. The van der Waals surface area contributed by atoms with Crippen molar-refractivity contribution < 1.29 is 19.4 Å². The Morgan fingerprint density at radius 1 is 1.28 bits per heavy atom. The Hall–Kier alpha value is -2.89. The van der Waals surface area contributed by atoms with Crippen LogP contribution in [0.5, 0.6) is 17.2 Å². The highest BCUT2D eigenvalue weighted by molar-refractivity contribution is 5.95. The monoisotopic (exact) mass is 396 g/mol. The second-order valence-corrected chi connectivity index (χ2v) is 8.91. The fourth-order valence-corrected chi connectivity index (χ4v) is 4.13. The highest BCUT2D eigenvalue weighted by atomic mass is 16.5. The number of anilines is 1. The Balaban J connectivity index is 1.74. The molecule has 2 aromatic rings. The molecule has 1 fully saturated rings. The lowest BCUT2D eigenvalue weighted by Crippen LogP contribution is -2.65. The molecule has 2 atom stereocenters. The van der Waals surface area contributed by atoms with Crippen LogP contribution in [-0.4, -0.2) is 23.5 Å². The predicted octanol–water partition coefficient (Wildman–Crippen LogP) is 4.86. The van der Waals surface area contributed by atoms with Crippen molar-refractivity contribution in [2.24, 2.45) is 0 Å². The minimum absolute atomic E-state index is 0.103. The van der Waals surface area contributed by atoms with Crippen molar-refractivity contribution in [2.75, 3.05) is 11.5 Å². The SMILES string of the molecule is CCOc1ccc(N2C(=O)N[C@H]3C[C@]2(C)Oc2c(O)cc(C(C)(C)C)cc23)cc1. The third kappa shape index (κ3) is 3.26. The summed E-state index contributed by atoms with van der Waals surface area (Å²) in [5.74, 6) is 1.29. The molecule has 0 spiro atoms. The van der Waals surface area contributed by atoms with E-state index in [0.29, 0.717) is 24.5 Å². The number of carbonyl (C=O) groups excluding carboxylic acids is 1. The molecule has 154 valence electrons. The normalized spacial score (nSPS) is 23.1. The Bertz CT molecular complexity index is 949. The topological polar surface area (TPSA) is 71.0 Å². The van der Waals surface area contributed by atoms with E-state index in [4.69, 9.17) is 9.47 Å². The molecule has 2 heterocycles. The molecule has 2 amide bonds. The Morgan fingerprint density at radius 3 is 2.59 bits per heavy atom.